The van der Waals surface area contributed by atoms with Crippen molar-refractivity contribution in [3.05, 3.63) is 35.1 Å². The lowest BCUT2D eigenvalue weighted by Gasteiger charge is -2.11. The smallest absolute Gasteiger partial charge is 0.254 e. The number of amides is 1. The molecule has 1 rings (SSSR count). The first-order valence-electron chi connectivity index (χ1n) is 4.76. The van der Waals surface area contributed by atoms with Crippen molar-refractivity contribution in [2.45, 2.75) is 0 Å². The third kappa shape index (κ3) is 2.81. The quantitative estimate of drug-likeness (QED) is 0.713. The van der Waals surface area contributed by atoms with E-state index in [4.69, 9.17) is 5.73 Å². The van der Waals surface area contributed by atoms with Crippen LogP contribution >= 0.6 is 0 Å². The van der Waals surface area contributed by atoms with Crippen molar-refractivity contribution >= 4 is 5.91 Å². The number of hydrogen-bond donors (Lipinski definition) is 1. The summed E-state index contributed by atoms with van der Waals surface area (Å²) in [5, 5.41) is 0. The maximum Gasteiger partial charge on any atom is 0.254 e. The summed E-state index contributed by atoms with van der Waals surface area (Å²) in [6, 6.07) is 3.94. The molecule has 0 radical (unpaired) electrons. The molecule has 4 heteroatoms. The van der Waals surface area contributed by atoms with Crippen molar-refractivity contribution < 1.29 is 9.18 Å². The normalized spacial score (nSPS) is 9.25. The van der Waals surface area contributed by atoms with E-state index in [0.717, 1.165) is 0 Å². The second-order valence-corrected chi connectivity index (χ2v) is 3.40. The first kappa shape index (κ1) is 12.2. The standard InChI is InChI=1S/C12H13FN2O/c1-15(2)12(16)11-8-10(13)6-5-9(11)4-3-7-14/h5-6,8H,7,14H2,1-2H3. The predicted molar refractivity (Wildman–Crippen MR) is 60.3 cm³/mol. The van der Waals surface area contributed by atoms with Crippen molar-refractivity contribution in [1.29, 1.82) is 0 Å². The fraction of sp³-hybridized carbons (Fsp3) is 0.250. The molecule has 1 aromatic rings. The van der Waals surface area contributed by atoms with Gasteiger partial charge in [-0.05, 0) is 18.2 Å². The zero-order valence-corrected chi connectivity index (χ0v) is 9.25. The highest BCUT2D eigenvalue weighted by Crippen LogP contribution is 2.12. The van der Waals surface area contributed by atoms with E-state index in [1.807, 2.05) is 0 Å². The van der Waals surface area contributed by atoms with Crippen LogP contribution in [0.5, 0.6) is 0 Å². The maximum atomic E-state index is 13.0. The number of nitrogens with zero attached hydrogens (tertiary/aromatic N) is 1. The summed E-state index contributed by atoms with van der Waals surface area (Å²) in [4.78, 5) is 13.1. The molecular weight excluding hydrogens is 207 g/mol. The number of benzene rings is 1. The van der Waals surface area contributed by atoms with Gasteiger partial charge in [0.2, 0.25) is 0 Å². The zero-order valence-electron chi connectivity index (χ0n) is 9.25. The lowest BCUT2D eigenvalue weighted by atomic mass is 10.1. The van der Waals surface area contributed by atoms with E-state index >= 15 is 0 Å². The van der Waals surface area contributed by atoms with Gasteiger partial charge in [-0.15, -0.1) is 0 Å². The minimum absolute atomic E-state index is 0.201. The summed E-state index contributed by atoms with van der Waals surface area (Å²) in [6.07, 6.45) is 0. The molecule has 1 amide bonds. The van der Waals surface area contributed by atoms with E-state index in [2.05, 4.69) is 11.8 Å². The van der Waals surface area contributed by atoms with Gasteiger partial charge in [0, 0.05) is 19.7 Å². The van der Waals surface area contributed by atoms with Crippen LogP contribution in [0.15, 0.2) is 18.2 Å². The van der Waals surface area contributed by atoms with E-state index in [0.29, 0.717) is 5.56 Å². The Morgan fingerprint density at radius 3 is 2.75 bits per heavy atom. The van der Waals surface area contributed by atoms with Gasteiger partial charge in [0.15, 0.2) is 0 Å². The van der Waals surface area contributed by atoms with Crippen LogP contribution in [0.3, 0.4) is 0 Å². The molecular formula is C12H13FN2O. The Kier molecular flexibility index (Phi) is 4.03. The largest absolute Gasteiger partial charge is 0.345 e. The van der Waals surface area contributed by atoms with Crippen LogP contribution in [0.1, 0.15) is 15.9 Å². The van der Waals surface area contributed by atoms with Gasteiger partial charge in [-0.3, -0.25) is 4.79 Å². The van der Waals surface area contributed by atoms with Crippen LogP contribution < -0.4 is 5.73 Å². The molecule has 0 unspecified atom stereocenters. The van der Waals surface area contributed by atoms with Crippen molar-refractivity contribution in [3.8, 4) is 11.8 Å². The first-order chi connectivity index (χ1) is 7.56. The number of carbonyl (C=O) groups is 1. The molecule has 0 heterocycles. The number of rotatable bonds is 1. The third-order valence-corrected chi connectivity index (χ3v) is 1.94. The van der Waals surface area contributed by atoms with Crippen molar-refractivity contribution in [2.24, 2.45) is 5.73 Å². The van der Waals surface area contributed by atoms with Crippen LogP contribution in [-0.4, -0.2) is 31.4 Å². The molecule has 0 saturated carbocycles. The monoisotopic (exact) mass is 220 g/mol. The van der Waals surface area contributed by atoms with Crippen LogP contribution in [0, 0.1) is 17.7 Å². The van der Waals surface area contributed by atoms with Gasteiger partial charge in [0.05, 0.1) is 12.1 Å². The van der Waals surface area contributed by atoms with Gasteiger partial charge in [0.1, 0.15) is 5.82 Å². The van der Waals surface area contributed by atoms with Gasteiger partial charge in [-0.1, -0.05) is 11.8 Å². The summed E-state index contributed by atoms with van der Waals surface area (Å²) in [5.41, 5.74) is 6.00. The molecule has 0 aliphatic heterocycles. The van der Waals surface area contributed by atoms with Gasteiger partial charge in [-0.2, -0.15) is 0 Å². The SMILES string of the molecule is CN(C)C(=O)c1cc(F)ccc1C#CCN. The van der Waals surface area contributed by atoms with E-state index in [-0.39, 0.29) is 18.0 Å². The summed E-state index contributed by atoms with van der Waals surface area (Å²) < 4.78 is 13.0. The minimum Gasteiger partial charge on any atom is -0.345 e. The maximum absolute atomic E-state index is 13.0. The molecule has 0 bridgehead atoms. The first-order valence-corrected chi connectivity index (χ1v) is 4.76. The fourth-order valence-electron chi connectivity index (χ4n) is 1.19. The molecule has 0 spiro atoms. The molecule has 0 fully saturated rings. The van der Waals surface area contributed by atoms with Gasteiger partial charge in [0.25, 0.3) is 5.91 Å². The van der Waals surface area contributed by atoms with E-state index in [9.17, 15) is 9.18 Å². The summed E-state index contributed by atoms with van der Waals surface area (Å²) >= 11 is 0. The highest BCUT2D eigenvalue weighted by molar-refractivity contribution is 5.96. The van der Waals surface area contributed by atoms with Crippen molar-refractivity contribution in [3.63, 3.8) is 0 Å². The molecule has 2 N–H and O–H groups in total. The molecule has 0 aromatic heterocycles. The minimum atomic E-state index is -0.455. The van der Waals surface area contributed by atoms with Crippen molar-refractivity contribution in [2.75, 3.05) is 20.6 Å². The highest BCUT2D eigenvalue weighted by atomic mass is 19.1. The second kappa shape index (κ2) is 5.29. The summed E-state index contributed by atoms with van der Waals surface area (Å²) in [5.74, 6) is 4.66. The summed E-state index contributed by atoms with van der Waals surface area (Å²) in [6.45, 7) is 0.201. The predicted octanol–water partition coefficient (Wildman–Crippen LogP) is 0.838. The number of halogens is 1. The topological polar surface area (TPSA) is 46.3 Å². The Hall–Kier alpha value is -1.86. The Labute approximate surface area is 94.0 Å². The Morgan fingerprint density at radius 1 is 1.50 bits per heavy atom. The molecule has 84 valence electrons. The van der Waals surface area contributed by atoms with E-state index in [1.54, 1.807) is 14.1 Å². The van der Waals surface area contributed by atoms with Crippen LogP contribution in [0.4, 0.5) is 4.39 Å². The summed E-state index contributed by atoms with van der Waals surface area (Å²) in [7, 11) is 3.21. The Morgan fingerprint density at radius 2 is 2.19 bits per heavy atom. The number of carbonyl (C=O) groups excluding carboxylic acids is 1. The molecule has 1 aromatic carbocycles. The van der Waals surface area contributed by atoms with Gasteiger partial charge < -0.3 is 10.6 Å². The van der Waals surface area contributed by atoms with Crippen LogP contribution in [0.25, 0.3) is 0 Å². The molecule has 0 aliphatic rings. The fourth-order valence-corrected chi connectivity index (χ4v) is 1.19. The lowest BCUT2D eigenvalue weighted by molar-refractivity contribution is 0.0827. The number of hydrogen-bond acceptors (Lipinski definition) is 2. The van der Waals surface area contributed by atoms with Gasteiger partial charge in [-0.25, -0.2) is 4.39 Å². The Bertz CT molecular complexity index is 458. The third-order valence-electron chi connectivity index (χ3n) is 1.94. The molecule has 0 saturated heterocycles. The van der Waals surface area contributed by atoms with Gasteiger partial charge >= 0.3 is 0 Å². The molecule has 0 atom stereocenters. The zero-order chi connectivity index (χ0) is 12.1. The van der Waals surface area contributed by atoms with Crippen molar-refractivity contribution in [1.82, 2.24) is 4.90 Å². The molecule has 0 aliphatic carbocycles. The number of nitrogens with two attached hydrogens (primary N) is 1. The second-order valence-electron chi connectivity index (χ2n) is 3.40. The van der Waals surface area contributed by atoms with E-state index in [1.165, 1.54) is 23.1 Å². The molecule has 16 heavy (non-hydrogen) atoms. The highest BCUT2D eigenvalue weighted by Gasteiger charge is 2.13. The van der Waals surface area contributed by atoms with E-state index < -0.39 is 5.82 Å². The Balaban J connectivity index is 3.23. The molecule has 3 nitrogen and oxygen atoms in total. The van der Waals surface area contributed by atoms with Crippen LogP contribution in [0.2, 0.25) is 0 Å². The average Bonchev–Trinajstić information content (AvgIpc) is 2.26. The van der Waals surface area contributed by atoms with Crippen LogP contribution in [-0.2, 0) is 0 Å². The lowest BCUT2D eigenvalue weighted by Crippen LogP contribution is -2.22. The average molecular weight is 220 g/mol.